The normalized spacial score (nSPS) is 11.1. The van der Waals surface area contributed by atoms with Crippen molar-refractivity contribution < 1.29 is 0 Å². The van der Waals surface area contributed by atoms with Gasteiger partial charge in [-0.25, -0.2) is 15.0 Å². The summed E-state index contributed by atoms with van der Waals surface area (Å²) in [5.41, 5.74) is 0.793. The number of thiazole rings is 1. The lowest BCUT2D eigenvalue weighted by Crippen LogP contribution is -2.05. The highest BCUT2D eigenvalue weighted by molar-refractivity contribution is 7.12. The third-order valence-electron chi connectivity index (χ3n) is 2.68. The van der Waals surface area contributed by atoms with E-state index in [-0.39, 0.29) is 0 Å². The third kappa shape index (κ3) is 2.17. The van der Waals surface area contributed by atoms with Gasteiger partial charge in [0.2, 0.25) is 5.13 Å². The highest BCUT2D eigenvalue weighted by atomic mass is 32.1. The molecule has 0 aliphatic carbocycles. The Labute approximate surface area is 114 Å². The first-order valence-electron chi connectivity index (χ1n) is 6.15. The smallest absolute Gasteiger partial charge is 0.212 e. The van der Waals surface area contributed by atoms with Crippen LogP contribution in [0, 0.1) is 6.92 Å². The van der Waals surface area contributed by atoms with Gasteiger partial charge in [0, 0.05) is 18.1 Å². The molecule has 0 aliphatic rings. The summed E-state index contributed by atoms with van der Waals surface area (Å²) >= 11 is 1.53. The molecule has 3 heterocycles. The molecule has 0 radical (unpaired) electrons. The Morgan fingerprint density at radius 2 is 2.26 bits per heavy atom. The van der Waals surface area contributed by atoms with Gasteiger partial charge in [0.05, 0.1) is 11.6 Å². The van der Waals surface area contributed by atoms with E-state index in [1.54, 1.807) is 17.1 Å². The van der Waals surface area contributed by atoms with Crippen molar-refractivity contribution in [3.05, 3.63) is 23.6 Å². The fraction of sp³-hybridized carbons (Fsp3) is 0.333. The largest absolute Gasteiger partial charge is 0.369 e. The first kappa shape index (κ1) is 12.0. The van der Waals surface area contributed by atoms with Gasteiger partial charge in [-0.1, -0.05) is 6.92 Å². The standard InChI is InChI=1S/C12H14N6S/c1-3-4-13-10-9-7-15-18(12-14-5-6-19-12)11(9)17-8(2)16-10/h5-7H,3-4H2,1-2H3,(H,13,16,17). The lowest BCUT2D eigenvalue weighted by atomic mass is 10.3. The van der Waals surface area contributed by atoms with E-state index >= 15 is 0 Å². The number of hydrogen-bond donors (Lipinski definition) is 1. The van der Waals surface area contributed by atoms with Crippen molar-refractivity contribution in [2.24, 2.45) is 0 Å². The summed E-state index contributed by atoms with van der Waals surface area (Å²) in [7, 11) is 0. The van der Waals surface area contributed by atoms with Crippen molar-refractivity contribution in [1.29, 1.82) is 0 Å². The highest BCUT2D eigenvalue weighted by Crippen LogP contribution is 2.23. The Morgan fingerprint density at radius 3 is 3.00 bits per heavy atom. The predicted octanol–water partition coefficient (Wildman–Crippen LogP) is 2.40. The summed E-state index contributed by atoms with van der Waals surface area (Å²) in [6.07, 6.45) is 4.59. The summed E-state index contributed by atoms with van der Waals surface area (Å²) < 4.78 is 1.76. The average molecular weight is 274 g/mol. The molecule has 19 heavy (non-hydrogen) atoms. The van der Waals surface area contributed by atoms with Gasteiger partial charge in [-0.05, 0) is 13.3 Å². The van der Waals surface area contributed by atoms with Crippen LogP contribution in [0.25, 0.3) is 16.2 Å². The van der Waals surface area contributed by atoms with Crippen LogP contribution in [0.3, 0.4) is 0 Å². The van der Waals surface area contributed by atoms with E-state index in [0.717, 1.165) is 40.8 Å². The topological polar surface area (TPSA) is 68.5 Å². The number of rotatable bonds is 4. The van der Waals surface area contributed by atoms with Gasteiger partial charge in [-0.15, -0.1) is 11.3 Å². The maximum absolute atomic E-state index is 4.48. The van der Waals surface area contributed by atoms with Crippen LogP contribution in [0.1, 0.15) is 19.2 Å². The Hall–Kier alpha value is -2.02. The molecule has 0 saturated heterocycles. The fourth-order valence-corrected chi connectivity index (χ4v) is 2.45. The van der Waals surface area contributed by atoms with Crippen LogP contribution in [0.5, 0.6) is 0 Å². The summed E-state index contributed by atoms with van der Waals surface area (Å²) in [5, 5.41) is 11.3. The van der Waals surface area contributed by atoms with Gasteiger partial charge in [0.1, 0.15) is 11.6 Å². The quantitative estimate of drug-likeness (QED) is 0.791. The SMILES string of the molecule is CCCNc1nc(C)nc2c1cnn2-c1nccs1. The van der Waals surface area contributed by atoms with Crippen LogP contribution < -0.4 is 5.32 Å². The molecule has 98 valence electrons. The Bertz CT molecular complexity index is 688. The minimum atomic E-state index is 0.726. The number of nitrogens with zero attached hydrogens (tertiary/aromatic N) is 5. The first-order chi connectivity index (χ1) is 9.29. The molecule has 0 aliphatic heterocycles. The Balaban J connectivity index is 2.15. The average Bonchev–Trinajstić information content (AvgIpc) is 3.03. The lowest BCUT2D eigenvalue weighted by Gasteiger charge is -2.06. The molecule has 0 spiro atoms. The van der Waals surface area contributed by atoms with Gasteiger partial charge in [-0.2, -0.15) is 9.78 Å². The zero-order valence-corrected chi connectivity index (χ0v) is 11.6. The molecule has 0 saturated carbocycles. The summed E-state index contributed by atoms with van der Waals surface area (Å²) in [6.45, 7) is 4.89. The molecule has 3 aromatic rings. The number of nitrogens with one attached hydrogen (secondary N) is 1. The van der Waals surface area contributed by atoms with Crippen molar-refractivity contribution in [1.82, 2.24) is 24.7 Å². The molecule has 0 atom stereocenters. The van der Waals surface area contributed by atoms with E-state index in [2.05, 4.69) is 32.3 Å². The third-order valence-corrected chi connectivity index (χ3v) is 3.43. The second kappa shape index (κ2) is 4.93. The lowest BCUT2D eigenvalue weighted by molar-refractivity contribution is 0.878. The minimum absolute atomic E-state index is 0.726. The molecule has 0 aromatic carbocycles. The molecular weight excluding hydrogens is 260 g/mol. The fourth-order valence-electron chi connectivity index (χ4n) is 1.86. The van der Waals surface area contributed by atoms with Crippen molar-refractivity contribution in [3.8, 4) is 5.13 Å². The number of fused-ring (bicyclic) bond motifs is 1. The molecule has 3 aromatic heterocycles. The predicted molar refractivity (Wildman–Crippen MR) is 75.8 cm³/mol. The first-order valence-corrected chi connectivity index (χ1v) is 7.03. The highest BCUT2D eigenvalue weighted by Gasteiger charge is 2.13. The van der Waals surface area contributed by atoms with Crippen LogP contribution in [0.2, 0.25) is 0 Å². The molecule has 0 bridgehead atoms. The second-order valence-electron chi connectivity index (χ2n) is 4.15. The summed E-state index contributed by atoms with van der Waals surface area (Å²) in [6, 6.07) is 0. The van der Waals surface area contributed by atoms with E-state index in [1.807, 2.05) is 12.3 Å². The van der Waals surface area contributed by atoms with Crippen LogP contribution in [0.4, 0.5) is 5.82 Å². The van der Waals surface area contributed by atoms with Crippen molar-refractivity contribution in [2.75, 3.05) is 11.9 Å². The van der Waals surface area contributed by atoms with Gasteiger partial charge in [-0.3, -0.25) is 0 Å². The number of aromatic nitrogens is 5. The van der Waals surface area contributed by atoms with Gasteiger partial charge >= 0.3 is 0 Å². The van der Waals surface area contributed by atoms with Crippen molar-refractivity contribution >= 4 is 28.2 Å². The van der Waals surface area contributed by atoms with Gasteiger partial charge in [0.15, 0.2) is 5.65 Å². The minimum Gasteiger partial charge on any atom is -0.369 e. The van der Waals surface area contributed by atoms with E-state index in [4.69, 9.17) is 0 Å². The maximum Gasteiger partial charge on any atom is 0.212 e. The zero-order valence-electron chi connectivity index (χ0n) is 10.8. The van der Waals surface area contributed by atoms with Crippen LogP contribution in [-0.4, -0.2) is 31.3 Å². The molecule has 6 nitrogen and oxygen atoms in total. The van der Waals surface area contributed by atoms with Crippen LogP contribution in [-0.2, 0) is 0 Å². The molecule has 3 rings (SSSR count). The molecule has 0 unspecified atom stereocenters. The second-order valence-corrected chi connectivity index (χ2v) is 5.03. The molecular formula is C12H14N6S. The summed E-state index contributed by atoms with van der Waals surface area (Å²) in [5.74, 6) is 1.57. The summed E-state index contributed by atoms with van der Waals surface area (Å²) in [4.78, 5) is 13.2. The Morgan fingerprint density at radius 1 is 1.37 bits per heavy atom. The van der Waals surface area contributed by atoms with E-state index < -0.39 is 0 Å². The zero-order chi connectivity index (χ0) is 13.2. The van der Waals surface area contributed by atoms with Crippen LogP contribution >= 0.6 is 11.3 Å². The molecule has 0 fully saturated rings. The van der Waals surface area contributed by atoms with Crippen molar-refractivity contribution in [2.45, 2.75) is 20.3 Å². The molecule has 7 heteroatoms. The Kier molecular flexibility index (Phi) is 3.12. The molecule has 1 N–H and O–H groups in total. The molecule has 0 amide bonds. The maximum atomic E-state index is 4.48. The van der Waals surface area contributed by atoms with Gasteiger partial charge in [0.25, 0.3) is 0 Å². The van der Waals surface area contributed by atoms with Crippen molar-refractivity contribution in [3.63, 3.8) is 0 Å². The van der Waals surface area contributed by atoms with E-state index in [9.17, 15) is 0 Å². The number of hydrogen-bond acceptors (Lipinski definition) is 6. The monoisotopic (exact) mass is 274 g/mol. The van der Waals surface area contributed by atoms with E-state index in [1.165, 1.54) is 11.3 Å². The van der Waals surface area contributed by atoms with E-state index in [0.29, 0.717) is 0 Å². The number of anilines is 1. The van der Waals surface area contributed by atoms with Crippen LogP contribution in [0.15, 0.2) is 17.8 Å². The van der Waals surface area contributed by atoms with Gasteiger partial charge < -0.3 is 5.32 Å². The number of aryl methyl sites for hydroxylation is 1.